The average molecular weight is 423 g/mol. The van der Waals surface area contributed by atoms with Gasteiger partial charge in [0.15, 0.2) is 0 Å². The van der Waals surface area contributed by atoms with Crippen LogP contribution < -0.4 is 10.6 Å². The highest BCUT2D eigenvalue weighted by Crippen LogP contribution is 2.21. The normalized spacial score (nSPS) is 11.6. The summed E-state index contributed by atoms with van der Waals surface area (Å²) in [6.07, 6.45) is 4.36. The number of carbonyl (C=O) groups excluding carboxylic acids is 2. The smallest absolute Gasteiger partial charge is 0.251 e. The minimum absolute atomic E-state index is 0.104. The Morgan fingerprint density at radius 1 is 0.967 bits per heavy atom. The highest BCUT2D eigenvalue weighted by molar-refractivity contribution is 7.15. The van der Waals surface area contributed by atoms with Crippen molar-refractivity contribution in [2.24, 2.45) is 0 Å². The Morgan fingerprint density at radius 3 is 2.37 bits per heavy atom. The first-order chi connectivity index (χ1) is 14.7. The van der Waals surface area contributed by atoms with Crippen molar-refractivity contribution in [3.8, 4) is 0 Å². The first-order valence-electron chi connectivity index (χ1n) is 10.2. The minimum atomic E-state index is -0.448. The molecule has 0 bridgehead atoms. The molecule has 1 atom stereocenters. The van der Waals surface area contributed by atoms with E-state index in [1.165, 1.54) is 11.3 Å². The maximum Gasteiger partial charge on any atom is 0.251 e. The van der Waals surface area contributed by atoms with E-state index in [0.717, 1.165) is 36.3 Å². The molecule has 3 rings (SSSR count). The molecule has 0 saturated carbocycles. The molecule has 0 spiro atoms. The van der Waals surface area contributed by atoms with Gasteiger partial charge in [-0.15, -0.1) is 10.2 Å². The van der Waals surface area contributed by atoms with Crippen LogP contribution in [0.3, 0.4) is 0 Å². The van der Waals surface area contributed by atoms with Crippen molar-refractivity contribution in [3.63, 3.8) is 0 Å². The van der Waals surface area contributed by atoms with Crippen molar-refractivity contribution < 1.29 is 9.59 Å². The van der Waals surface area contributed by atoms with Gasteiger partial charge >= 0.3 is 0 Å². The monoisotopic (exact) mass is 422 g/mol. The molecule has 3 aromatic rings. The fourth-order valence-corrected chi connectivity index (χ4v) is 3.85. The van der Waals surface area contributed by atoms with Crippen molar-refractivity contribution in [1.29, 1.82) is 0 Å². The summed E-state index contributed by atoms with van der Waals surface area (Å²) in [5, 5.41) is 15.4. The number of hydrogen-bond acceptors (Lipinski definition) is 5. The average Bonchev–Trinajstić information content (AvgIpc) is 3.21. The van der Waals surface area contributed by atoms with Crippen LogP contribution in [0.1, 0.15) is 59.6 Å². The topological polar surface area (TPSA) is 84.0 Å². The zero-order valence-electron chi connectivity index (χ0n) is 17.0. The summed E-state index contributed by atoms with van der Waals surface area (Å²) in [7, 11) is 0. The lowest BCUT2D eigenvalue weighted by atomic mass is 10.0. The standard InChI is InChI=1S/C23H26N4O2S/c1-2-3-6-15-21-26-27-23(30-21)25-20(28)16-19(17-11-7-4-8-12-17)24-22(29)18-13-9-5-10-14-18/h4-5,7-14,19H,2-3,6,15-16H2,1H3,(H,24,29)(H,25,27,28). The Bertz CT molecular complexity index is 944. The molecule has 0 aliphatic carbocycles. The van der Waals surface area contributed by atoms with Gasteiger partial charge in [-0.2, -0.15) is 0 Å². The third kappa shape index (κ3) is 6.49. The van der Waals surface area contributed by atoms with E-state index in [9.17, 15) is 9.59 Å². The van der Waals surface area contributed by atoms with Crippen molar-refractivity contribution in [1.82, 2.24) is 15.5 Å². The number of nitrogens with one attached hydrogen (secondary N) is 2. The molecule has 0 radical (unpaired) electrons. The largest absolute Gasteiger partial charge is 0.345 e. The number of carbonyl (C=O) groups is 2. The molecule has 0 fully saturated rings. The van der Waals surface area contributed by atoms with E-state index >= 15 is 0 Å². The molecule has 1 aromatic heterocycles. The highest BCUT2D eigenvalue weighted by Gasteiger charge is 2.20. The SMILES string of the molecule is CCCCCc1nnc(NC(=O)CC(NC(=O)c2ccccc2)c2ccccc2)s1. The second kappa shape index (κ2) is 11.2. The lowest BCUT2D eigenvalue weighted by Crippen LogP contribution is -2.31. The Morgan fingerprint density at radius 2 is 1.67 bits per heavy atom. The van der Waals surface area contributed by atoms with Crippen molar-refractivity contribution in [3.05, 3.63) is 76.8 Å². The molecular formula is C23H26N4O2S. The van der Waals surface area contributed by atoms with Crippen molar-refractivity contribution in [2.45, 2.75) is 45.1 Å². The fraction of sp³-hybridized carbons (Fsp3) is 0.304. The van der Waals surface area contributed by atoms with E-state index in [1.54, 1.807) is 12.1 Å². The van der Waals surface area contributed by atoms with Gasteiger partial charge in [0.25, 0.3) is 5.91 Å². The van der Waals surface area contributed by atoms with Crippen LogP contribution >= 0.6 is 11.3 Å². The van der Waals surface area contributed by atoms with Crippen LogP contribution in [0, 0.1) is 0 Å². The quantitative estimate of drug-likeness (QED) is 0.461. The summed E-state index contributed by atoms with van der Waals surface area (Å²) >= 11 is 1.40. The molecule has 156 valence electrons. The number of aromatic nitrogens is 2. The van der Waals surface area contributed by atoms with E-state index in [0.29, 0.717) is 10.7 Å². The predicted octanol–water partition coefficient (Wildman–Crippen LogP) is 4.77. The van der Waals surface area contributed by atoms with Crippen molar-refractivity contribution >= 4 is 28.3 Å². The molecule has 0 aliphatic rings. The van der Waals surface area contributed by atoms with Gasteiger partial charge < -0.3 is 10.6 Å². The molecule has 30 heavy (non-hydrogen) atoms. The van der Waals surface area contributed by atoms with Crippen LogP contribution in [-0.2, 0) is 11.2 Å². The first kappa shape index (κ1) is 21.6. The molecule has 1 unspecified atom stereocenters. The summed E-state index contributed by atoms with van der Waals surface area (Å²) in [4.78, 5) is 25.3. The molecule has 0 saturated heterocycles. The van der Waals surface area contributed by atoms with E-state index < -0.39 is 6.04 Å². The van der Waals surface area contributed by atoms with Gasteiger partial charge in [-0.3, -0.25) is 9.59 Å². The number of amides is 2. The van der Waals surface area contributed by atoms with Gasteiger partial charge in [0.05, 0.1) is 12.5 Å². The molecule has 2 aromatic carbocycles. The number of aryl methyl sites for hydroxylation is 1. The number of unbranched alkanes of at least 4 members (excludes halogenated alkanes) is 2. The van der Waals surface area contributed by atoms with Crippen LogP contribution in [-0.4, -0.2) is 22.0 Å². The Kier molecular flexibility index (Phi) is 8.09. The molecule has 1 heterocycles. The van der Waals surface area contributed by atoms with E-state index in [1.807, 2.05) is 48.5 Å². The molecule has 7 heteroatoms. The Hall–Kier alpha value is -3.06. The second-order valence-electron chi connectivity index (χ2n) is 7.01. The van der Waals surface area contributed by atoms with E-state index in [-0.39, 0.29) is 18.2 Å². The van der Waals surface area contributed by atoms with Gasteiger partial charge in [0.2, 0.25) is 11.0 Å². The molecule has 2 amide bonds. The summed E-state index contributed by atoms with van der Waals surface area (Å²) < 4.78 is 0. The lowest BCUT2D eigenvalue weighted by Gasteiger charge is -2.18. The summed E-state index contributed by atoms with van der Waals surface area (Å²) in [5.74, 6) is -0.431. The van der Waals surface area contributed by atoms with Crippen molar-refractivity contribution in [2.75, 3.05) is 5.32 Å². The number of hydrogen-bond donors (Lipinski definition) is 2. The third-order valence-electron chi connectivity index (χ3n) is 4.64. The molecule has 6 nitrogen and oxygen atoms in total. The number of rotatable bonds is 10. The van der Waals surface area contributed by atoms with Gasteiger partial charge in [0.1, 0.15) is 5.01 Å². The predicted molar refractivity (Wildman–Crippen MR) is 119 cm³/mol. The fourth-order valence-electron chi connectivity index (χ4n) is 3.06. The number of benzene rings is 2. The van der Waals surface area contributed by atoms with Crippen LogP contribution in [0.4, 0.5) is 5.13 Å². The highest BCUT2D eigenvalue weighted by atomic mass is 32.1. The summed E-state index contributed by atoms with van der Waals surface area (Å²) in [5.41, 5.74) is 1.43. The number of nitrogens with zero attached hydrogens (tertiary/aromatic N) is 2. The van der Waals surface area contributed by atoms with Crippen LogP contribution in [0.15, 0.2) is 60.7 Å². The Labute approximate surface area is 180 Å². The van der Waals surface area contributed by atoms with Gasteiger partial charge in [-0.25, -0.2) is 0 Å². The van der Waals surface area contributed by atoms with Crippen LogP contribution in [0.2, 0.25) is 0 Å². The summed E-state index contributed by atoms with van der Waals surface area (Å²) in [6.45, 7) is 2.16. The van der Waals surface area contributed by atoms with E-state index in [4.69, 9.17) is 0 Å². The van der Waals surface area contributed by atoms with Gasteiger partial charge in [0, 0.05) is 12.0 Å². The molecular weight excluding hydrogens is 396 g/mol. The third-order valence-corrected chi connectivity index (χ3v) is 5.54. The number of anilines is 1. The maximum absolute atomic E-state index is 12.7. The lowest BCUT2D eigenvalue weighted by molar-refractivity contribution is -0.116. The minimum Gasteiger partial charge on any atom is -0.345 e. The van der Waals surface area contributed by atoms with Gasteiger partial charge in [-0.1, -0.05) is 79.6 Å². The van der Waals surface area contributed by atoms with Crippen LogP contribution in [0.25, 0.3) is 0 Å². The molecule has 2 N–H and O–H groups in total. The summed E-state index contributed by atoms with van der Waals surface area (Å²) in [6, 6.07) is 18.0. The van der Waals surface area contributed by atoms with Crippen LogP contribution in [0.5, 0.6) is 0 Å². The Balaban J connectivity index is 1.64. The first-order valence-corrected chi connectivity index (χ1v) is 11.0. The maximum atomic E-state index is 12.7. The van der Waals surface area contributed by atoms with E-state index in [2.05, 4.69) is 27.8 Å². The zero-order chi connectivity index (χ0) is 21.2. The van der Waals surface area contributed by atoms with Gasteiger partial charge in [-0.05, 0) is 24.1 Å². The second-order valence-corrected chi connectivity index (χ2v) is 8.08. The molecule has 0 aliphatic heterocycles. The zero-order valence-corrected chi connectivity index (χ0v) is 17.8.